The van der Waals surface area contributed by atoms with E-state index in [1.54, 1.807) is 11.3 Å². The summed E-state index contributed by atoms with van der Waals surface area (Å²) in [5, 5.41) is 3.81. The van der Waals surface area contributed by atoms with Crippen LogP contribution in [-0.4, -0.2) is 4.98 Å². The molecule has 3 aromatic carbocycles. The molecule has 1 nitrogen and oxygen atoms in total. The van der Waals surface area contributed by atoms with Gasteiger partial charge in [0.25, 0.3) is 0 Å². The topological polar surface area (TPSA) is 12.9 Å². The van der Waals surface area contributed by atoms with Gasteiger partial charge < -0.3 is 0 Å². The lowest BCUT2D eigenvalue weighted by Crippen LogP contribution is -1.88. The molecule has 2 heteroatoms. The van der Waals surface area contributed by atoms with Crippen LogP contribution < -0.4 is 0 Å². The zero-order valence-corrected chi connectivity index (χ0v) is 11.7. The third-order valence-corrected chi connectivity index (χ3v) is 4.60. The van der Waals surface area contributed by atoms with E-state index in [9.17, 15) is 0 Å². The average Bonchev–Trinajstić information content (AvgIpc) is 2.90. The summed E-state index contributed by atoms with van der Waals surface area (Å²) in [7, 11) is 0. The standard InChI is InChI=1S/C18H13NS/c1-2-9-15-13(6-1)7-5-8-14(15)12-18-19-16-10-3-4-11-17(16)20-18/h1-11H,12H2. The van der Waals surface area contributed by atoms with Crippen molar-refractivity contribution in [3.63, 3.8) is 0 Å². The van der Waals surface area contributed by atoms with Crippen LogP contribution in [0.25, 0.3) is 21.0 Å². The lowest BCUT2D eigenvalue weighted by Gasteiger charge is -2.04. The van der Waals surface area contributed by atoms with E-state index in [2.05, 4.69) is 60.7 Å². The summed E-state index contributed by atoms with van der Waals surface area (Å²) in [6.07, 6.45) is 0.903. The minimum atomic E-state index is 0.903. The molecule has 4 rings (SSSR count). The molecular formula is C18H13NS. The molecule has 0 saturated heterocycles. The fourth-order valence-corrected chi connectivity index (χ4v) is 3.60. The highest BCUT2D eigenvalue weighted by Gasteiger charge is 2.06. The van der Waals surface area contributed by atoms with Crippen molar-refractivity contribution in [1.29, 1.82) is 0 Å². The van der Waals surface area contributed by atoms with Crippen molar-refractivity contribution in [2.24, 2.45) is 0 Å². The molecule has 0 unspecified atom stereocenters. The summed E-state index contributed by atoms with van der Waals surface area (Å²) in [5.74, 6) is 0. The normalized spacial score (nSPS) is 11.2. The minimum absolute atomic E-state index is 0.903. The van der Waals surface area contributed by atoms with Crippen molar-refractivity contribution >= 4 is 32.3 Å². The van der Waals surface area contributed by atoms with Crippen molar-refractivity contribution in [3.05, 3.63) is 77.3 Å². The van der Waals surface area contributed by atoms with Gasteiger partial charge in [-0.2, -0.15) is 0 Å². The van der Waals surface area contributed by atoms with E-state index >= 15 is 0 Å². The second-order valence-corrected chi connectivity index (χ2v) is 6.01. The van der Waals surface area contributed by atoms with E-state index in [0.717, 1.165) is 11.9 Å². The van der Waals surface area contributed by atoms with Crippen LogP contribution >= 0.6 is 11.3 Å². The van der Waals surface area contributed by atoms with Crippen LogP contribution in [-0.2, 0) is 6.42 Å². The third kappa shape index (κ3) is 1.98. The molecule has 0 spiro atoms. The number of hydrogen-bond donors (Lipinski definition) is 0. The minimum Gasteiger partial charge on any atom is -0.241 e. The van der Waals surface area contributed by atoms with Gasteiger partial charge in [0.1, 0.15) is 0 Å². The molecular weight excluding hydrogens is 262 g/mol. The van der Waals surface area contributed by atoms with Crippen molar-refractivity contribution in [1.82, 2.24) is 4.98 Å². The van der Waals surface area contributed by atoms with Gasteiger partial charge in [0.05, 0.1) is 15.2 Å². The van der Waals surface area contributed by atoms with Crippen LogP contribution in [0.2, 0.25) is 0 Å². The molecule has 0 bridgehead atoms. The Kier molecular flexibility index (Phi) is 2.75. The maximum Gasteiger partial charge on any atom is 0.0982 e. The van der Waals surface area contributed by atoms with Crippen LogP contribution in [0.5, 0.6) is 0 Å². The molecule has 0 aliphatic rings. The number of para-hydroxylation sites is 1. The molecule has 1 aromatic heterocycles. The quantitative estimate of drug-likeness (QED) is 0.499. The lowest BCUT2D eigenvalue weighted by atomic mass is 10.0. The summed E-state index contributed by atoms with van der Waals surface area (Å²) in [5.41, 5.74) is 2.45. The van der Waals surface area contributed by atoms with Crippen molar-refractivity contribution in [3.8, 4) is 0 Å². The monoisotopic (exact) mass is 275 g/mol. The Bertz CT molecular complexity index is 854. The molecule has 1 heterocycles. The highest BCUT2D eigenvalue weighted by molar-refractivity contribution is 7.18. The SMILES string of the molecule is c1ccc2c(Cc3nc4ccccc4s3)cccc2c1. The van der Waals surface area contributed by atoms with Gasteiger partial charge in [-0.05, 0) is 28.5 Å². The summed E-state index contributed by atoms with van der Waals surface area (Å²) >= 11 is 1.79. The van der Waals surface area contributed by atoms with E-state index < -0.39 is 0 Å². The van der Waals surface area contributed by atoms with Gasteiger partial charge in [0.15, 0.2) is 0 Å². The van der Waals surface area contributed by atoms with E-state index in [4.69, 9.17) is 4.98 Å². The summed E-state index contributed by atoms with van der Waals surface area (Å²) < 4.78 is 1.27. The molecule has 0 N–H and O–H groups in total. The maximum atomic E-state index is 4.73. The second-order valence-electron chi connectivity index (χ2n) is 4.89. The van der Waals surface area contributed by atoms with Crippen molar-refractivity contribution in [2.75, 3.05) is 0 Å². The largest absolute Gasteiger partial charge is 0.241 e. The highest BCUT2D eigenvalue weighted by atomic mass is 32.1. The molecule has 96 valence electrons. The number of fused-ring (bicyclic) bond motifs is 2. The van der Waals surface area contributed by atoms with Crippen LogP contribution in [0.15, 0.2) is 66.7 Å². The molecule has 20 heavy (non-hydrogen) atoms. The van der Waals surface area contributed by atoms with Crippen molar-refractivity contribution < 1.29 is 0 Å². The first-order valence-corrected chi connectivity index (χ1v) is 7.53. The first-order valence-electron chi connectivity index (χ1n) is 6.71. The number of thiazole rings is 1. The fourth-order valence-electron chi connectivity index (χ4n) is 2.61. The predicted molar refractivity (Wildman–Crippen MR) is 86.4 cm³/mol. The Morgan fingerprint density at radius 2 is 1.60 bits per heavy atom. The zero-order chi connectivity index (χ0) is 13.4. The van der Waals surface area contributed by atoms with Gasteiger partial charge in [-0.25, -0.2) is 4.98 Å². The molecule has 0 atom stereocenters. The summed E-state index contributed by atoms with van der Waals surface area (Å²) in [6, 6.07) is 23.4. The molecule has 4 aromatic rings. The maximum absolute atomic E-state index is 4.73. The summed E-state index contributed by atoms with van der Waals surface area (Å²) in [6.45, 7) is 0. The molecule has 0 aliphatic carbocycles. The Morgan fingerprint density at radius 3 is 2.55 bits per heavy atom. The number of rotatable bonds is 2. The molecule has 0 fully saturated rings. The summed E-state index contributed by atoms with van der Waals surface area (Å²) in [4.78, 5) is 4.73. The lowest BCUT2D eigenvalue weighted by molar-refractivity contribution is 1.17. The zero-order valence-electron chi connectivity index (χ0n) is 10.9. The van der Waals surface area contributed by atoms with E-state index in [-0.39, 0.29) is 0 Å². The third-order valence-electron chi connectivity index (χ3n) is 3.56. The van der Waals surface area contributed by atoms with Gasteiger partial charge in [0.2, 0.25) is 0 Å². The van der Waals surface area contributed by atoms with Gasteiger partial charge in [-0.15, -0.1) is 11.3 Å². The number of nitrogens with zero attached hydrogens (tertiary/aromatic N) is 1. The smallest absolute Gasteiger partial charge is 0.0982 e. The number of benzene rings is 3. The first-order chi connectivity index (χ1) is 9.90. The Labute approximate surface area is 121 Å². The Morgan fingerprint density at radius 1 is 0.800 bits per heavy atom. The van der Waals surface area contributed by atoms with Crippen molar-refractivity contribution in [2.45, 2.75) is 6.42 Å². The average molecular weight is 275 g/mol. The van der Waals surface area contributed by atoms with E-state index in [1.165, 1.54) is 26.0 Å². The van der Waals surface area contributed by atoms with Crippen LogP contribution in [0, 0.1) is 0 Å². The number of aromatic nitrogens is 1. The highest BCUT2D eigenvalue weighted by Crippen LogP contribution is 2.26. The van der Waals surface area contributed by atoms with Crippen LogP contribution in [0.1, 0.15) is 10.6 Å². The van der Waals surface area contributed by atoms with Crippen LogP contribution in [0.4, 0.5) is 0 Å². The van der Waals surface area contributed by atoms with Gasteiger partial charge in [0, 0.05) is 6.42 Å². The first kappa shape index (κ1) is 11.6. The Balaban J connectivity index is 1.80. The van der Waals surface area contributed by atoms with E-state index in [1.807, 2.05) is 6.07 Å². The predicted octanol–water partition coefficient (Wildman–Crippen LogP) is 5.04. The van der Waals surface area contributed by atoms with Gasteiger partial charge in [-0.3, -0.25) is 0 Å². The Hall–Kier alpha value is -2.19. The molecule has 0 radical (unpaired) electrons. The van der Waals surface area contributed by atoms with E-state index in [0.29, 0.717) is 0 Å². The molecule has 0 aliphatic heterocycles. The van der Waals surface area contributed by atoms with Crippen LogP contribution in [0.3, 0.4) is 0 Å². The van der Waals surface area contributed by atoms with Gasteiger partial charge in [-0.1, -0.05) is 54.6 Å². The second kappa shape index (κ2) is 4.73. The fraction of sp³-hybridized carbons (Fsp3) is 0.0556. The molecule has 0 saturated carbocycles. The number of hydrogen-bond acceptors (Lipinski definition) is 2. The van der Waals surface area contributed by atoms with Gasteiger partial charge >= 0.3 is 0 Å². The molecule has 0 amide bonds.